The first kappa shape index (κ1) is 20.0. The molecule has 0 spiro atoms. The van der Waals surface area contributed by atoms with Crippen LogP contribution in [-0.4, -0.2) is 30.1 Å². The lowest BCUT2D eigenvalue weighted by molar-refractivity contribution is -0.385. The number of benzene rings is 1. The van der Waals surface area contributed by atoms with Gasteiger partial charge in [-0.05, 0) is 0 Å². The van der Waals surface area contributed by atoms with Crippen LogP contribution in [0.4, 0.5) is 23.0 Å². The molecule has 0 fully saturated rings. The van der Waals surface area contributed by atoms with Crippen LogP contribution in [0.1, 0.15) is 22.7 Å². The lowest BCUT2D eigenvalue weighted by atomic mass is 9.93. The van der Waals surface area contributed by atoms with E-state index in [1.54, 1.807) is 6.19 Å². The molecule has 1 atom stereocenters. The monoisotopic (exact) mass is 409 g/mol. The summed E-state index contributed by atoms with van der Waals surface area (Å²) in [5, 5.41) is 34.9. The number of nitriles is 2. The summed E-state index contributed by atoms with van der Waals surface area (Å²) in [4.78, 5) is 19.4. The first-order chi connectivity index (χ1) is 14.4. The summed E-state index contributed by atoms with van der Waals surface area (Å²) >= 11 is 0. The molecule has 0 radical (unpaired) electrons. The number of anilines is 3. The number of hydrogen-bond donors (Lipinski definition) is 4. The molecule has 1 aromatic carbocycles. The van der Waals surface area contributed by atoms with Crippen molar-refractivity contribution in [3.63, 3.8) is 0 Å². The van der Waals surface area contributed by atoms with E-state index in [-0.39, 0.29) is 57.2 Å². The lowest BCUT2D eigenvalue weighted by Crippen LogP contribution is -2.33. The number of non-ortho nitro benzene ring substituents is 1. The average Bonchev–Trinajstić information content (AvgIpc) is 2.72. The van der Waals surface area contributed by atoms with Crippen LogP contribution in [0.3, 0.4) is 0 Å². The number of nitrogens with two attached hydrogens (primary N) is 2. The molecule has 13 heteroatoms. The molecular formula is C17H15N9O4. The van der Waals surface area contributed by atoms with Gasteiger partial charge in [-0.15, -0.1) is 0 Å². The van der Waals surface area contributed by atoms with E-state index >= 15 is 0 Å². The number of aliphatic imine (C=N–C) groups is 1. The molecule has 0 amide bonds. The van der Waals surface area contributed by atoms with Crippen LogP contribution < -0.4 is 31.6 Å². The molecule has 0 bridgehead atoms. The molecule has 2 heterocycles. The average molecular weight is 409 g/mol. The summed E-state index contributed by atoms with van der Waals surface area (Å²) < 4.78 is 10.6. The van der Waals surface area contributed by atoms with E-state index in [9.17, 15) is 15.4 Å². The van der Waals surface area contributed by atoms with Crippen molar-refractivity contribution >= 4 is 29.0 Å². The number of pyridine rings is 1. The van der Waals surface area contributed by atoms with E-state index in [2.05, 4.69) is 20.6 Å². The maximum Gasteiger partial charge on any atom is 0.273 e. The number of methoxy groups -OCH3 is 2. The highest BCUT2D eigenvalue weighted by Gasteiger charge is 2.33. The first-order valence-corrected chi connectivity index (χ1v) is 8.25. The highest BCUT2D eigenvalue weighted by atomic mass is 16.6. The molecule has 1 unspecified atom stereocenters. The van der Waals surface area contributed by atoms with Gasteiger partial charge in [0.1, 0.15) is 29.3 Å². The van der Waals surface area contributed by atoms with Crippen LogP contribution in [-0.2, 0) is 0 Å². The Balaban J connectivity index is 2.38. The molecular weight excluding hydrogens is 394 g/mol. The SMILES string of the molecule is COc1cc([N+](=O)[O-])cc(C2N=C(NC#N)Nc3nc(N)c(C#N)c(N)c32)c1OC. The molecule has 30 heavy (non-hydrogen) atoms. The normalized spacial score (nSPS) is 14.3. The minimum Gasteiger partial charge on any atom is -0.493 e. The highest BCUT2D eigenvalue weighted by Crippen LogP contribution is 2.47. The highest BCUT2D eigenvalue weighted by molar-refractivity contribution is 5.98. The Labute approximate surface area is 169 Å². The van der Waals surface area contributed by atoms with E-state index in [1.165, 1.54) is 26.4 Å². The van der Waals surface area contributed by atoms with Crippen LogP contribution in [0.15, 0.2) is 17.1 Å². The summed E-state index contributed by atoms with van der Waals surface area (Å²) in [5.74, 6) is 0.264. The minimum atomic E-state index is -1.03. The molecule has 1 aromatic heterocycles. The Hall–Kier alpha value is -4.78. The fourth-order valence-corrected chi connectivity index (χ4v) is 3.09. The van der Waals surface area contributed by atoms with Crippen molar-refractivity contribution in [1.82, 2.24) is 10.3 Å². The summed E-state index contributed by atoms with van der Waals surface area (Å²) in [7, 11) is 2.69. The molecule has 0 saturated heterocycles. The number of hydrogen-bond acceptors (Lipinski definition) is 12. The van der Waals surface area contributed by atoms with Gasteiger partial charge in [0.25, 0.3) is 5.69 Å². The van der Waals surface area contributed by atoms with Gasteiger partial charge in [0.05, 0.1) is 30.9 Å². The first-order valence-electron chi connectivity index (χ1n) is 8.25. The molecule has 3 rings (SSSR count). The zero-order chi connectivity index (χ0) is 22.0. The molecule has 152 valence electrons. The van der Waals surface area contributed by atoms with Crippen molar-refractivity contribution in [2.75, 3.05) is 31.0 Å². The predicted molar refractivity (Wildman–Crippen MR) is 106 cm³/mol. The largest absolute Gasteiger partial charge is 0.493 e. The van der Waals surface area contributed by atoms with Crippen LogP contribution in [0.5, 0.6) is 11.5 Å². The molecule has 1 aliphatic rings. The van der Waals surface area contributed by atoms with Gasteiger partial charge in [-0.2, -0.15) is 10.5 Å². The third-order valence-electron chi connectivity index (χ3n) is 4.36. The van der Waals surface area contributed by atoms with E-state index < -0.39 is 11.0 Å². The van der Waals surface area contributed by atoms with Crippen LogP contribution >= 0.6 is 0 Å². The van der Waals surface area contributed by atoms with Crippen LogP contribution in [0.25, 0.3) is 0 Å². The second kappa shape index (κ2) is 7.69. The van der Waals surface area contributed by atoms with Crippen LogP contribution in [0.2, 0.25) is 0 Å². The Morgan fingerprint density at radius 2 is 2.03 bits per heavy atom. The number of nitro groups is 1. The number of nitrogens with one attached hydrogen (secondary N) is 2. The van der Waals surface area contributed by atoms with Crippen molar-refractivity contribution in [1.29, 1.82) is 10.5 Å². The topological polar surface area (TPSA) is 211 Å². The number of fused-ring (bicyclic) bond motifs is 1. The van der Waals surface area contributed by atoms with Gasteiger partial charge in [-0.1, -0.05) is 0 Å². The van der Waals surface area contributed by atoms with E-state index in [4.69, 9.17) is 26.2 Å². The Bertz CT molecular complexity index is 1160. The third-order valence-corrected chi connectivity index (χ3v) is 4.36. The van der Waals surface area contributed by atoms with Gasteiger partial charge in [0, 0.05) is 17.2 Å². The predicted octanol–water partition coefficient (Wildman–Crippen LogP) is 0.985. The van der Waals surface area contributed by atoms with Gasteiger partial charge in [-0.25, -0.2) is 9.98 Å². The van der Waals surface area contributed by atoms with Crippen molar-refractivity contribution in [3.05, 3.63) is 38.9 Å². The summed E-state index contributed by atoms with van der Waals surface area (Å²) in [6.07, 6.45) is 1.72. The Kier molecular flexibility index (Phi) is 5.12. The van der Waals surface area contributed by atoms with Gasteiger partial charge < -0.3 is 26.3 Å². The van der Waals surface area contributed by atoms with Gasteiger partial charge in [0.2, 0.25) is 5.96 Å². The number of rotatable bonds is 4. The minimum absolute atomic E-state index is 0.00136. The van der Waals surface area contributed by atoms with Crippen LogP contribution in [0, 0.1) is 32.9 Å². The molecule has 6 N–H and O–H groups in total. The van der Waals surface area contributed by atoms with Crippen molar-refractivity contribution in [2.45, 2.75) is 6.04 Å². The van der Waals surface area contributed by atoms with E-state index in [0.29, 0.717) is 0 Å². The van der Waals surface area contributed by atoms with Gasteiger partial charge in [-0.3, -0.25) is 15.4 Å². The number of nitrogens with zero attached hydrogens (tertiary/aromatic N) is 5. The van der Waals surface area contributed by atoms with E-state index in [0.717, 1.165) is 0 Å². The molecule has 13 nitrogen and oxygen atoms in total. The standard InChI is InChI=1S/C17H15N9O4/c1-29-10-4-7(26(27)28)3-8(14(10)30-2)13-11-12(20)9(5-18)15(21)24-16(11)25-17(23-13)22-6-19/h3-4,13H,1-2H3,(H6,20,21,22,23,24,25). The maximum absolute atomic E-state index is 11.4. The third kappa shape index (κ3) is 3.16. The lowest BCUT2D eigenvalue weighted by Gasteiger charge is -2.27. The summed E-state index contributed by atoms with van der Waals surface area (Å²) in [5.41, 5.74) is 12.1. The zero-order valence-electron chi connectivity index (χ0n) is 15.8. The quantitative estimate of drug-likeness (QED) is 0.242. The number of guanidine groups is 1. The summed E-state index contributed by atoms with van der Waals surface area (Å²) in [6.45, 7) is 0. The molecule has 0 aliphatic carbocycles. The second-order valence-electron chi connectivity index (χ2n) is 5.93. The summed E-state index contributed by atoms with van der Waals surface area (Å²) in [6, 6.07) is 3.30. The van der Waals surface area contributed by atoms with E-state index in [1.807, 2.05) is 6.07 Å². The Morgan fingerprint density at radius 1 is 1.30 bits per heavy atom. The molecule has 2 aromatic rings. The molecule has 0 saturated carbocycles. The number of ether oxygens (including phenoxy) is 2. The van der Waals surface area contributed by atoms with Crippen molar-refractivity contribution in [3.8, 4) is 23.8 Å². The van der Waals surface area contributed by atoms with Crippen molar-refractivity contribution in [2.24, 2.45) is 4.99 Å². The fourth-order valence-electron chi connectivity index (χ4n) is 3.09. The van der Waals surface area contributed by atoms with Gasteiger partial charge >= 0.3 is 0 Å². The Morgan fingerprint density at radius 3 is 2.60 bits per heavy atom. The number of nitro benzene ring substituents is 1. The zero-order valence-corrected chi connectivity index (χ0v) is 15.8. The molecule has 1 aliphatic heterocycles. The van der Waals surface area contributed by atoms with Crippen molar-refractivity contribution < 1.29 is 14.4 Å². The number of aromatic nitrogens is 1. The number of nitrogen functional groups attached to an aromatic ring is 2. The second-order valence-corrected chi connectivity index (χ2v) is 5.93. The maximum atomic E-state index is 11.4. The smallest absolute Gasteiger partial charge is 0.273 e. The fraction of sp³-hybridized carbons (Fsp3) is 0.176. The van der Waals surface area contributed by atoms with Gasteiger partial charge in [0.15, 0.2) is 17.7 Å².